The molecule has 2 saturated heterocycles. The number of halogens is 1. The second kappa shape index (κ2) is 9.25. The number of rotatable bonds is 7. The van der Waals surface area contributed by atoms with Gasteiger partial charge < -0.3 is 24.6 Å². The van der Waals surface area contributed by atoms with Crippen LogP contribution in [0.3, 0.4) is 0 Å². The van der Waals surface area contributed by atoms with Gasteiger partial charge >= 0.3 is 6.09 Å². The van der Waals surface area contributed by atoms with Gasteiger partial charge in [0.15, 0.2) is 0 Å². The molecule has 1 atom stereocenters. The molecule has 1 aromatic rings. The van der Waals surface area contributed by atoms with Crippen LogP contribution >= 0.6 is 12.2 Å². The van der Waals surface area contributed by atoms with E-state index in [-0.39, 0.29) is 24.2 Å². The lowest BCUT2D eigenvalue weighted by molar-refractivity contribution is -0.126. The first-order valence-electron chi connectivity index (χ1n) is 9.55. The molecule has 0 bridgehead atoms. The number of amides is 2. The van der Waals surface area contributed by atoms with E-state index in [0.29, 0.717) is 31.1 Å². The maximum atomic E-state index is 14.8. The van der Waals surface area contributed by atoms with Gasteiger partial charge in [-0.3, -0.25) is 9.69 Å². The van der Waals surface area contributed by atoms with Gasteiger partial charge in [-0.2, -0.15) is 0 Å². The first-order chi connectivity index (χ1) is 13.9. The minimum Gasteiger partial charge on any atom is -0.474 e. The number of methoxy groups -OCH3 is 1. The number of thiocarbonyl (C=S) groups is 1. The molecule has 10 heteroatoms. The Morgan fingerprint density at radius 1 is 1.41 bits per heavy atom. The van der Waals surface area contributed by atoms with Gasteiger partial charge in [-0.05, 0) is 36.8 Å². The van der Waals surface area contributed by atoms with E-state index in [1.54, 1.807) is 21.9 Å². The average molecular weight is 424 g/mol. The fourth-order valence-corrected chi connectivity index (χ4v) is 3.42. The molecular weight excluding hydrogens is 399 g/mol. The second-order valence-corrected chi connectivity index (χ2v) is 7.35. The zero-order valence-electron chi connectivity index (χ0n) is 16.5. The number of hydrogen-bond donors (Lipinski definition) is 1. The number of hydrogen-bond acceptors (Lipinski definition) is 6. The molecule has 0 saturated carbocycles. The molecule has 1 aromatic carbocycles. The van der Waals surface area contributed by atoms with Crippen molar-refractivity contribution >= 4 is 40.8 Å². The highest BCUT2D eigenvalue weighted by Gasteiger charge is 2.34. The van der Waals surface area contributed by atoms with E-state index in [1.165, 1.54) is 18.1 Å². The Bertz CT molecular complexity index is 793. The lowest BCUT2D eigenvalue weighted by Crippen LogP contribution is -2.34. The summed E-state index contributed by atoms with van der Waals surface area (Å²) in [6.07, 6.45) is 0.937. The van der Waals surface area contributed by atoms with E-state index in [0.717, 1.165) is 12.8 Å². The standard InChI is InChI=1S/C19H25FN4O4S/c1-3-4-7-22-12-23(11-17(22)25)16-6-5-13(8-15(16)20)24-10-14(28-19(24)26)9-21-18(29)27-2/h5-6,8,14H,3-4,7,9-12H2,1-2H3,(H,21,29)/t14-/m0/s1. The molecule has 29 heavy (non-hydrogen) atoms. The van der Waals surface area contributed by atoms with Crippen LogP contribution in [0.5, 0.6) is 0 Å². The highest BCUT2D eigenvalue weighted by atomic mass is 32.1. The van der Waals surface area contributed by atoms with Crippen molar-refractivity contribution in [3.8, 4) is 0 Å². The van der Waals surface area contributed by atoms with E-state index in [9.17, 15) is 14.0 Å². The summed E-state index contributed by atoms with van der Waals surface area (Å²) in [5, 5.41) is 3.05. The van der Waals surface area contributed by atoms with E-state index in [2.05, 4.69) is 12.2 Å². The molecule has 2 amide bonds. The van der Waals surface area contributed by atoms with Crippen LogP contribution in [-0.4, -0.2) is 68.1 Å². The molecule has 2 heterocycles. The Kier molecular flexibility index (Phi) is 6.73. The molecule has 2 aliphatic rings. The predicted octanol–water partition coefficient (Wildman–Crippen LogP) is 2.08. The third kappa shape index (κ3) is 4.87. The molecule has 1 N–H and O–H groups in total. The highest BCUT2D eigenvalue weighted by molar-refractivity contribution is 7.80. The van der Waals surface area contributed by atoms with Crippen molar-refractivity contribution < 1.29 is 23.5 Å². The third-order valence-corrected chi connectivity index (χ3v) is 5.23. The first-order valence-corrected chi connectivity index (χ1v) is 9.96. The van der Waals surface area contributed by atoms with Crippen molar-refractivity contribution in [2.45, 2.75) is 25.9 Å². The normalized spacial score (nSPS) is 19.0. The van der Waals surface area contributed by atoms with E-state index >= 15 is 0 Å². The molecular formula is C19H25FN4O4S. The number of anilines is 2. The summed E-state index contributed by atoms with van der Waals surface area (Å²) < 4.78 is 24.9. The van der Waals surface area contributed by atoms with Crippen molar-refractivity contribution in [3.63, 3.8) is 0 Å². The average Bonchev–Trinajstić information content (AvgIpc) is 3.26. The minimum absolute atomic E-state index is 0.00522. The van der Waals surface area contributed by atoms with Crippen LogP contribution in [-0.2, 0) is 14.3 Å². The van der Waals surface area contributed by atoms with Gasteiger partial charge in [0.1, 0.15) is 11.9 Å². The fraction of sp³-hybridized carbons (Fsp3) is 0.526. The number of cyclic esters (lactones) is 1. The highest BCUT2D eigenvalue weighted by Crippen LogP contribution is 2.29. The van der Waals surface area contributed by atoms with Gasteiger partial charge in [-0.25, -0.2) is 9.18 Å². The number of carbonyl (C=O) groups is 2. The van der Waals surface area contributed by atoms with E-state index in [1.807, 2.05) is 0 Å². The second-order valence-electron chi connectivity index (χ2n) is 6.97. The van der Waals surface area contributed by atoms with Crippen molar-refractivity contribution in [1.29, 1.82) is 0 Å². The first kappa shape index (κ1) is 21.1. The van der Waals surface area contributed by atoms with Crippen molar-refractivity contribution in [1.82, 2.24) is 10.2 Å². The molecule has 0 radical (unpaired) electrons. The summed E-state index contributed by atoms with van der Waals surface area (Å²) in [4.78, 5) is 29.1. The SMILES string of the molecule is CCCCN1CN(c2ccc(N3C[C@H](CNC(=S)OC)OC3=O)cc2F)CC1=O. The summed E-state index contributed by atoms with van der Waals surface area (Å²) >= 11 is 4.90. The minimum atomic E-state index is -0.547. The molecule has 2 fully saturated rings. The predicted molar refractivity (Wildman–Crippen MR) is 110 cm³/mol. The zero-order valence-corrected chi connectivity index (χ0v) is 17.3. The Morgan fingerprint density at radius 2 is 2.21 bits per heavy atom. The third-order valence-electron chi connectivity index (χ3n) is 4.92. The van der Waals surface area contributed by atoms with Gasteiger partial charge in [0, 0.05) is 6.54 Å². The topological polar surface area (TPSA) is 74.3 Å². The monoisotopic (exact) mass is 424 g/mol. The molecule has 0 aromatic heterocycles. The van der Waals surface area contributed by atoms with Crippen LogP contribution in [0.25, 0.3) is 0 Å². The molecule has 158 valence electrons. The van der Waals surface area contributed by atoms with Crippen molar-refractivity contribution in [2.75, 3.05) is 49.8 Å². The summed E-state index contributed by atoms with van der Waals surface area (Å²) in [5.41, 5.74) is 0.749. The van der Waals surface area contributed by atoms with Crippen LogP contribution in [0.4, 0.5) is 20.6 Å². The van der Waals surface area contributed by atoms with Gasteiger partial charge in [-0.1, -0.05) is 13.3 Å². The summed E-state index contributed by atoms with van der Waals surface area (Å²) in [7, 11) is 1.45. The van der Waals surface area contributed by atoms with Crippen LogP contribution < -0.4 is 15.1 Å². The Balaban J connectivity index is 1.65. The Labute approximate surface area is 174 Å². The maximum absolute atomic E-state index is 14.8. The number of nitrogens with zero attached hydrogens (tertiary/aromatic N) is 3. The van der Waals surface area contributed by atoms with Gasteiger partial charge in [0.05, 0.1) is 44.8 Å². The lowest BCUT2D eigenvalue weighted by Gasteiger charge is -2.21. The van der Waals surface area contributed by atoms with E-state index < -0.39 is 18.0 Å². The number of ether oxygens (including phenoxy) is 2. The molecule has 8 nitrogen and oxygen atoms in total. The van der Waals surface area contributed by atoms with Crippen LogP contribution in [0.1, 0.15) is 19.8 Å². The quantitative estimate of drug-likeness (QED) is 0.672. The number of unbranched alkanes of at least 4 members (excludes halogenated alkanes) is 1. The largest absolute Gasteiger partial charge is 0.474 e. The smallest absolute Gasteiger partial charge is 0.414 e. The van der Waals surface area contributed by atoms with Crippen LogP contribution in [0.15, 0.2) is 18.2 Å². The molecule has 0 aliphatic carbocycles. The van der Waals surface area contributed by atoms with Crippen LogP contribution in [0, 0.1) is 5.82 Å². The Morgan fingerprint density at radius 3 is 2.90 bits per heavy atom. The lowest BCUT2D eigenvalue weighted by atomic mass is 10.2. The van der Waals surface area contributed by atoms with Crippen LogP contribution in [0.2, 0.25) is 0 Å². The number of benzene rings is 1. The maximum Gasteiger partial charge on any atom is 0.414 e. The molecule has 2 aliphatic heterocycles. The summed E-state index contributed by atoms with van der Waals surface area (Å²) in [6, 6.07) is 4.56. The van der Waals surface area contributed by atoms with Crippen molar-refractivity contribution in [3.05, 3.63) is 24.0 Å². The summed E-state index contributed by atoms with van der Waals surface area (Å²) in [6.45, 7) is 3.83. The molecule has 0 unspecified atom stereocenters. The molecule has 3 rings (SSSR count). The van der Waals surface area contributed by atoms with Crippen molar-refractivity contribution in [2.24, 2.45) is 0 Å². The Hall–Kier alpha value is -2.62. The zero-order chi connectivity index (χ0) is 21.0. The van der Waals surface area contributed by atoms with Gasteiger partial charge in [0.25, 0.3) is 5.17 Å². The van der Waals surface area contributed by atoms with Gasteiger partial charge in [-0.15, -0.1) is 0 Å². The number of carbonyl (C=O) groups excluding carboxylic acids is 2. The van der Waals surface area contributed by atoms with E-state index in [4.69, 9.17) is 21.7 Å². The number of nitrogens with one attached hydrogen (secondary N) is 1. The fourth-order valence-electron chi connectivity index (χ4n) is 3.33. The summed E-state index contributed by atoms with van der Waals surface area (Å²) in [5.74, 6) is -0.489. The van der Waals surface area contributed by atoms with Gasteiger partial charge in [0.2, 0.25) is 5.91 Å². The molecule has 0 spiro atoms.